The van der Waals surface area contributed by atoms with Gasteiger partial charge in [0.25, 0.3) is 0 Å². The molecule has 0 unspecified atom stereocenters. The molecule has 0 saturated carbocycles. The Morgan fingerprint density at radius 2 is 2.25 bits per heavy atom. The third-order valence-electron chi connectivity index (χ3n) is 1.77. The first-order valence-corrected chi connectivity index (χ1v) is 4.58. The summed E-state index contributed by atoms with van der Waals surface area (Å²) in [7, 11) is 0. The van der Waals surface area contributed by atoms with Gasteiger partial charge in [-0.1, -0.05) is 34.1 Å². The molecule has 0 radical (unpaired) electrons. The molecule has 0 bridgehead atoms. The maximum atomic E-state index is 5.80. The van der Waals surface area contributed by atoms with Gasteiger partial charge in [-0.05, 0) is 24.1 Å². The normalized spacial score (nSPS) is 12.6. The fraction of sp³-hybridized carbons (Fsp3) is 0.200. The summed E-state index contributed by atoms with van der Waals surface area (Å²) in [6.07, 6.45) is 1.73. The molecular formula is C10H12BrN. The average Bonchev–Trinajstić information content (AvgIpc) is 2.03. The smallest absolute Gasteiger partial charge is 0.0489 e. The van der Waals surface area contributed by atoms with E-state index >= 15 is 0 Å². The Kier molecular flexibility index (Phi) is 3.06. The van der Waals surface area contributed by atoms with Crippen molar-refractivity contribution < 1.29 is 0 Å². The Morgan fingerprint density at radius 3 is 2.75 bits per heavy atom. The highest BCUT2D eigenvalue weighted by molar-refractivity contribution is 9.10. The number of aryl methyl sites for hydroxylation is 1. The first kappa shape index (κ1) is 9.49. The predicted octanol–water partition coefficient (Wildman–Crippen LogP) is 2.94. The highest BCUT2D eigenvalue weighted by atomic mass is 79.9. The third-order valence-corrected chi connectivity index (χ3v) is 2.46. The fourth-order valence-corrected chi connectivity index (χ4v) is 1.79. The first-order chi connectivity index (χ1) is 5.65. The average molecular weight is 226 g/mol. The predicted molar refractivity (Wildman–Crippen MR) is 56.0 cm³/mol. The van der Waals surface area contributed by atoms with E-state index in [-0.39, 0.29) is 6.04 Å². The van der Waals surface area contributed by atoms with Crippen LogP contribution >= 0.6 is 15.9 Å². The molecule has 2 N–H and O–H groups in total. The second-order valence-electron chi connectivity index (χ2n) is 2.79. The van der Waals surface area contributed by atoms with Crippen molar-refractivity contribution in [2.24, 2.45) is 5.73 Å². The largest absolute Gasteiger partial charge is 0.321 e. The van der Waals surface area contributed by atoms with Crippen LogP contribution in [0.2, 0.25) is 0 Å². The van der Waals surface area contributed by atoms with Gasteiger partial charge in [-0.2, -0.15) is 0 Å². The van der Waals surface area contributed by atoms with E-state index in [1.165, 1.54) is 5.56 Å². The van der Waals surface area contributed by atoms with Gasteiger partial charge < -0.3 is 5.73 Å². The molecule has 0 amide bonds. The quantitative estimate of drug-likeness (QED) is 0.771. The van der Waals surface area contributed by atoms with E-state index in [2.05, 4.69) is 28.6 Å². The zero-order valence-corrected chi connectivity index (χ0v) is 8.64. The summed E-state index contributed by atoms with van der Waals surface area (Å²) in [5, 5.41) is 0. The van der Waals surface area contributed by atoms with Gasteiger partial charge in [0, 0.05) is 10.5 Å². The molecule has 0 aliphatic carbocycles. The molecule has 2 heteroatoms. The fourth-order valence-electron chi connectivity index (χ4n) is 1.03. The van der Waals surface area contributed by atoms with Crippen LogP contribution in [0.5, 0.6) is 0 Å². The summed E-state index contributed by atoms with van der Waals surface area (Å²) in [4.78, 5) is 0. The molecule has 0 heterocycles. The Bertz CT molecular complexity index is 294. The minimum Gasteiger partial charge on any atom is -0.321 e. The summed E-state index contributed by atoms with van der Waals surface area (Å²) in [6, 6.07) is 6.04. The molecule has 0 fully saturated rings. The lowest BCUT2D eigenvalue weighted by Gasteiger charge is -2.09. The van der Waals surface area contributed by atoms with Crippen molar-refractivity contribution in [3.63, 3.8) is 0 Å². The second-order valence-corrected chi connectivity index (χ2v) is 3.64. The van der Waals surface area contributed by atoms with Crippen molar-refractivity contribution in [3.05, 3.63) is 46.5 Å². The number of rotatable bonds is 2. The van der Waals surface area contributed by atoms with Crippen LogP contribution in [0.25, 0.3) is 0 Å². The highest BCUT2D eigenvalue weighted by Gasteiger charge is 2.04. The van der Waals surface area contributed by atoms with E-state index in [4.69, 9.17) is 5.73 Å². The van der Waals surface area contributed by atoms with Crippen LogP contribution in [0.3, 0.4) is 0 Å². The maximum absolute atomic E-state index is 5.80. The zero-order valence-electron chi connectivity index (χ0n) is 7.05. The molecule has 0 aliphatic rings. The van der Waals surface area contributed by atoms with Gasteiger partial charge >= 0.3 is 0 Å². The van der Waals surface area contributed by atoms with E-state index < -0.39 is 0 Å². The van der Waals surface area contributed by atoms with E-state index in [1.807, 2.05) is 19.1 Å². The molecule has 1 atom stereocenters. The summed E-state index contributed by atoms with van der Waals surface area (Å²) in [5.74, 6) is 0. The van der Waals surface area contributed by atoms with E-state index in [0.29, 0.717) is 0 Å². The second kappa shape index (κ2) is 3.87. The van der Waals surface area contributed by atoms with Crippen molar-refractivity contribution in [1.82, 2.24) is 0 Å². The van der Waals surface area contributed by atoms with Gasteiger partial charge in [0.1, 0.15) is 0 Å². The van der Waals surface area contributed by atoms with E-state index in [0.717, 1.165) is 10.0 Å². The zero-order chi connectivity index (χ0) is 9.14. The lowest BCUT2D eigenvalue weighted by Crippen LogP contribution is -2.07. The Morgan fingerprint density at radius 1 is 1.58 bits per heavy atom. The van der Waals surface area contributed by atoms with E-state index in [9.17, 15) is 0 Å². The van der Waals surface area contributed by atoms with Crippen molar-refractivity contribution in [3.8, 4) is 0 Å². The molecule has 1 aromatic rings. The highest BCUT2D eigenvalue weighted by Crippen LogP contribution is 2.23. The lowest BCUT2D eigenvalue weighted by atomic mass is 10.1. The summed E-state index contributed by atoms with van der Waals surface area (Å²) in [5.41, 5.74) is 8.10. The first-order valence-electron chi connectivity index (χ1n) is 3.79. The van der Waals surface area contributed by atoms with Crippen LogP contribution in [0.4, 0.5) is 0 Å². The summed E-state index contributed by atoms with van der Waals surface area (Å²) in [6.45, 7) is 5.70. The number of halogens is 1. The Hall–Kier alpha value is -0.600. The van der Waals surface area contributed by atoms with Crippen LogP contribution in [0.15, 0.2) is 35.3 Å². The molecule has 1 aromatic carbocycles. The molecular weight excluding hydrogens is 214 g/mol. The van der Waals surface area contributed by atoms with Crippen molar-refractivity contribution >= 4 is 15.9 Å². The molecule has 0 aromatic heterocycles. The number of hydrogen-bond donors (Lipinski definition) is 1. The van der Waals surface area contributed by atoms with Crippen molar-refractivity contribution in [1.29, 1.82) is 0 Å². The molecule has 1 nitrogen and oxygen atoms in total. The standard InChI is InChI=1S/C10H12BrN/c1-3-10(12)8-5-4-7(2)6-9(8)11/h3-6,10H,1,12H2,2H3/t10-/m0/s1. The van der Waals surface area contributed by atoms with Crippen LogP contribution in [0.1, 0.15) is 17.2 Å². The van der Waals surface area contributed by atoms with Crippen LogP contribution in [0, 0.1) is 6.92 Å². The summed E-state index contributed by atoms with van der Waals surface area (Å²) < 4.78 is 1.05. The SMILES string of the molecule is C=C[C@H](N)c1ccc(C)cc1Br. The minimum atomic E-state index is -0.0834. The van der Waals surface area contributed by atoms with Crippen LogP contribution in [-0.4, -0.2) is 0 Å². The van der Waals surface area contributed by atoms with Crippen molar-refractivity contribution in [2.45, 2.75) is 13.0 Å². The van der Waals surface area contributed by atoms with Gasteiger partial charge in [-0.3, -0.25) is 0 Å². The van der Waals surface area contributed by atoms with Gasteiger partial charge in [-0.15, -0.1) is 6.58 Å². The monoisotopic (exact) mass is 225 g/mol. The van der Waals surface area contributed by atoms with Crippen LogP contribution < -0.4 is 5.73 Å². The molecule has 12 heavy (non-hydrogen) atoms. The third kappa shape index (κ3) is 1.96. The van der Waals surface area contributed by atoms with Gasteiger partial charge in [0.05, 0.1) is 0 Å². The molecule has 0 aliphatic heterocycles. The number of benzene rings is 1. The molecule has 64 valence electrons. The van der Waals surface area contributed by atoms with E-state index in [1.54, 1.807) is 6.08 Å². The maximum Gasteiger partial charge on any atom is 0.0489 e. The van der Waals surface area contributed by atoms with Crippen LogP contribution in [-0.2, 0) is 0 Å². The Labute approximate surface area is 81.4 Å². The summed E-state index contributed by atoms with van der Waals surface area (Å²) >= 11 is 3.46. The number of nitrogens with two attached hydrogens (primary N) is 1. The van der Waals surface area contributed by atoms with Gasteiger partial charge in [0.2, 0.25) is 0 Å². The Balaban J connectivity index is 3.09. The molecule has 0 spiro atoms. The number of hydrogen-bond acceptors (Lipinski definition) is 1. The lowest BCUT2D eigenvalue weighted by molar-refractivity contribution is 0.907. The molecule has 0 saturated heterocycles. The molecule has 1 rings (SSSR count). The minimum absolute atomic E-state index is 0.0834. The van der Waals surface area contributed by atoms with Gasteiger partial charge in [-0.25, -0.2) is 0 Å². The van der Waals surface area contributed by atoms with Gasteiger partial charge in [0.15, 0.2) is 0 Å². The topological polar surface area (TPSA) is 26.0 Å². The van der Waals surface area contributed by atoms with Crippen molar-refractivity contribution in [2.75, 3.05) is 0 Å².